The van der Waals surface area contributed by atoms with Crippen molar-refractivity contribution in [1.29, 1.82) is 5.26 Å². The molecule has 0 saturated heterocycles. The van der Waals surface area contributed by atoms with Gasteiger partial charge in [0.05, 0.1) is 17.7 Å². The Morgan fingerprint density at radius 2 is 1.95 bits per heavy atom. The first kappa shape index (κ1) is 15.1. The van der Waals surface area contributed by atoms with Gasteiger partial charge in [0.25, 0.3) is 0 Å². The maximum absolute atomic E-state index is 9.83. The highest BCUT2D eigenvalue weighted by Gasteiger charge is 2.10. The molecule has 0 saturated carbocycles. The molecular weight excluding hydrogens is 262 g/mol. The number of nitriles is 1. The molecule has 0 radical (unpaired) electrons. The summed E-state index contributed by atoms with van der Waals surface area (Å²) in [6, 6.07) is 13.5. The molecule has 0 aliphatic carbocycles. The minimum Gasteiger partial charge on any atom is -0.489 e. The molecule has 1 atom stereocenters. The topological polar surface area (TPSA) is 53.2 Å². The van der Waals surface area contributed by atoms with Gasteiger partial charge in [0, 0.05) is 5.56 Å². The molecule has 3 heteroatoms. The van der Waals surface area contributed by atoms with Crippen molar-refractivity contribution >= 4 is 0 Å². The summed E-state index contributed by atoms with van der Waals surface area (Å²) in [5.74, 6) is 0.694. The zero-order chi connectivity index (χ0) is 15.4. The molecule has 21 heavy (non-hydrogen) atoms. The van der Waals surface area contributed by atoms with Crippen LogP contribution in [-0.2, 0) is 6.61 Å². The smallest absolute Gasteiger partial charge is 0.125 e. The number of ether oxygens (including phenoxy) is 1. The van der Waals surface area contributed by atoms with E-state index < -0.39 is 6.10 Å². The summed E-state index contributed by atoms with van der Waals surface area (Å²) in [7, 11) is 0. The van der Waals surface area contributed by atoms with Crippen LogP contribution >= 0.6 is 0 Å². The molecule has 0 aliphatic heterocycles. The average Bonchev–Trinajstić information content (AvgIpc) is 2.46. The zero-order valence-electron chi connectivity index (χ0n) is 12.6. The van der Waals surface area contributed by atoms with E-state index >= 15 is 0 Å². The lowest BCUT2D eigenvalue weighted by molar-refractivity contribution is 0.190. The quantitative estimate of drug-likeness (QED) is 0.927. The highest BCUT2D eigenvalue weighted by molar-refractivity contribution is 5.40. The molecule has 1 unspecified atom stereocenters. The van der Waals surface area contributed by atoms with E-state index in [0.29, 0.717) is 17.9 Å². The third-order valence-electron chi connectivity index (χ3n) is 3.47. The van der Waals surface area contributed by atoms with Crippen molar-refractivity contribution < 1.29 is 9.84 Å². The summed E-state index contributed by atoms with van der Waals surface area (Å²) in [5.41, 5.74) is 4.59. The Kier molecular flexibility index (Phi) is 4.62. The summed E-state index contributed by atoms with van der Waals surface area (Å²) >= 11 is 0. The molecule has 0 bridgehead atoms. The van der Waals surface area contributed by atoms with Crippen LogP contribution in [0.4, 0.5) is 0 Å². The number of benzene rings is 2. The number of hydrogen-bond donors (Lipinski definition) is 1. The normalized spacial score (nSPS) is 11.8. The van der Waals surface area contributed by atoms with Gasteiger partial charge in [-0.2, -0.15) is 5.26 Å². The van der Waals surface area contributed by atoms with Gasteiger partial charge >= 0.3 is 0 Å². The molecule has 1 N–H and O–H groups in total. The maximum Gasteiger partial charge on any atom is 0.125 e. The number of nitrogens with zero attached hydrogens (tertiary/aromatic N) is 1. The molecule has 2 rings (SSSR count). The van der Waals surface area contributed by atoms with Crippen molar-refractivity contribution in [3.63, 3.8) is 0 Å². The van der Waals surface area contributed by atoms with Gasteiger partial charge in [0.15, 0.2) is 0 Å². The first-order valence-corrected chi connectivity index (χ1v) is 6.92. The molecule has 0 spiro atoms. The lowest BCUT2D eigenvalue weighted by Gasteiger charge is -2.15. The predicted molar refractivity (Wildman–Crippen MR) is 82.0 cm³/mol. The molecular formula is C18H19NO2. The van der Waals surface area contributed by atoms with Crippen molar-refractivity contribution in [3.05, 3.63) is 64.2 Å². The molecule has 0 aromatic heterocycles. The molecule has 0 fully saturated rings. The van der Waals surface area contributed by atoms with Crippen LogP contribution in [0.3, 0.4) is 0 Å². The largest absolute Gasteiger partial charge is 0.489 e. The standard InChI is InChI=1S/C18H19NO2/c1-12-4-7-18(17(8-12)14(3)20)21-11-16-6-5-15(10-19)9-13(16)2/h4-9,14,20H,11H2,1-3H3. The SMILES string of the molecule is Cc1ccc(OCc2ccc(C#N)cc2C)c(C(C)O)c1. The van der Waals surface area contributed by atoms with Gasteiger partial charge in [-0.05, 0) is 56.2 Å². The monoisotopic (exact) mass is 281 g/mol. The fourth-order valence-corrected chi connectivity index (χ4v) is 2.21. The fourth-order valence-electron chi connectivity index (χ4n) is 2.21. The lowest BCUT2D eigenvalue weighted by Crippen LogP contribution is -2.03. The fraction of sp³-hybridized carbons (Fsp3) is 0.278. The van der Waals surface area contributed by atoms with Crippen molar-refractivity contribution in [2.75, 3.05) is 0 Å². The average molecular weight is 281 g/mol. The van der Waals surface area contributed by atoms with Crippen LogP contribution in [0, 0.1) is 25.2 Å². The van der Waals surface area contributed by atoms with Gasteiger partial charge in [0.2, 0.25) is 0 Å². The third-order valence-corrected chi connectivity index (χ3v) is 3.47. The van der Waals surface area contributed by atoms with E-state index in [0.717, 1.165) is 22.3 Å². The Bertz CT molecular complexity index is 684. The van der Waals surface area contributed by atoms with Crippen LogP contribution in [-0.4, -0.2) is 5.11 Å². The first-order chi connectivity index (χ1) is 10.0. The van der Waals surface area contributed by atoms with Gasteiger partial charge in [-0.3, -0.25) is 0 Å². The van der Waals surface area contributed by atoms with E-state index in [-0.39, 0.29) is 0 Å². The molecule has 0 amide bonds. The molecule has 108 valence electrons. The maximum atomic E-state index is 9.83. The molecule has 3 nitrogen and oxygen atoms in total. The molecule has 2 aromatic carbocycles. The Balaban J connectivity index is 2.19. The Morgan fingerprint density at radius 3 is 2.57 bits per heavy atom. The number of aliphatic hydroxyl groups excluding tert-OH is 1. The van der Waals surface area contributed by atoms with Crippen molar-refractivity contribution in [3.8, 4) is 11.8 Å². The third kappa shape index (κ3) is 3.62. The summed E-state index contributed by atoms with van der Waals surface area (Å²) in [6.07, 6.45) is -0.568. The number of aryl methyl sites for hydroxylation is 2. The first-order valence-electron chi connectivity index (χ1n) is 6.92. The van der Waals surface area contributed by atoms with Crippen LogP contribution in [0.5, 0.6) is 5.75 Å². The predicted octanol–water partition coefficient (Wildman–Crippen LogP) is 3.81. The number of hydrogen-bond acceptors (Lipinski definition) is 3. The van der Waals surface area contributed by atoms with E-state index in [2.05, 4.69) is 6.07 Å². The van der Waals surface area contributed by atoms with Gasteiger partial charge in [-0.1, -0.05) is 17.7 Å². The highest BCUT2D eigenvalue weighted by atomic mass is 16.5. The van der Waals surface area contributed by atoms with E-state index in [1.807, 2.05) is 44.2 Å². The summed E-state index contributed by atoms with van der Waals surface area (Å²) < 4.78 is 5.85. The van der Waals surface area contributed by atoms with Gasteiger partial charge in [-0.15, -0.1) is 0 Å². The summed E-state index contributed by atoms with van der Waals surface area (Å²) in [5, 5.41) is 18.7. The van der Waals surface area contributed by atoms with Crippen LogP contribution in [0.1, 0.15) is 40.8 Å². The number of rotatable bonds is 4. The van der Waals surface area contributed by atoms with Crippen molar-refractivity contribution in [1.82, 2.24) is 0 Å². The van der Waals surface area contributed by atoms with Crippen LogP contribution < -0.4 is 4.74 Å². The van der Waals surface area contributed by atoms with Gasteiger partial charge in [0.1, 0.15) is 12.4 Å². The van der Waals surface area contributed by atoms with E-state index in [1.165, 1.54) is 0 Å². The Morgan fingerprint density at radius 1 is 1.19 bits per heavy atom. The minimum atomic E-state index is -0.568. The van der Waals surface area contributed by atoms with Crippen LogP contribution in [0.2, 0.25) is 0 Å². The van der Waals surface area contributed by atoms with E-state index in [4.69, 9.17) is 10.00 Å². The lowest BCUT2D eigenvalue weighted by atomic mass is 10.1. The second kappa shape index (κ2) is 6.43. The van der Waals surface area contributed by atoms with E-state index in [1.54, 1.807) is 13.0 Å². The van der Waals surface area contributed by atoms with Gasteiger partial charge in [-0.25, -0.2) is 0 Å². The molecule has 0 heterocycles. The van der Waals surface area contributed by atoms with E-state index in [9.17, 15) is 5.11 Å². The summed E-state index contributed by atoms with van der Waals surface area (Å²) in [6.45, 7) is 6.10. The Labute approximate surface area is 125 Å². The second-order valence-electron chi connectivity index (χ2n) is 5.26. The molecule has 0 aliphatic rings. The minimum absolute atomic E-state index is 0.417. The van der Waals surface area contributed by atoms with Gasteiger partial charge < -0.3 is 9.84 Å². The summed E-state index contributed by atoms with van der Waals surface area (Å²) in [4.78, 5) is 0. The Hall–Kier alpha value is -2.31. The number of aliphatic hydroxyl groups is 1. The van der Waals surface area contributed by atoms with Crippen LogP contribution in [0.15, 0.2) is 36.4 Å². The highest BCUT2D eigenvalue weighted by Crippen LogP contribution is 2.27. The van der Waals surface area contributed by atoms with Crippen molar-refractivity contribution in [2.24, 2.45) is 0 Å². The zero-order valence-corrected chi connectivity index (χ0v) is 12.6. The van der Waals surface area contributed by atoms with Crippen molar-refractivity contribution in [2.45, 2.75) is 33.5 Å². The van der Waals surface area contributed by atoms with Crippen LogP contribution in [0.25, 0.3) is 0 Å². The molecule has 2 aromatic rings. The second-order valence-corrected chi connectivity index (χ2v) is 5.26.